The van der Waals surface area contributed by atoms with Gasteiger partial charge in [0.2, 0.25) is 5.95 Å². The van der Waals surface area contributed by atoms with Crippen LogP contribution in [-0.4, -0.2) is 26.0 Å². The Kier molecular flexibility index (Phi) is 1.95. The first-order valence-corrected chi connectivity index (χ1v) is 6.07. The molecule has 2 heterocycles. The molecule has 2 aromatic rings. The molecule has 0 saturated heterocycles. The fraction of sp³-hybridized carbons (Fsp3) is 0.583. The van der Waals surface area contributed by atoms with E-state index in [1.165, 1.54) is 0 Å². The second-order valence-corrected chi connectivity index (χ2v) is 6.05. The lowest BCUT2D eigenvalue weighted by Crippen LogP contribution is -2.13. The van der Waals surface area contributed by atoms with E-state index in [9.17, 15) is 0 Å². The molecule has 0 bridgehead atoms. The lowest BCUT2D eigenvalue weighted by Gasteiger charge is -2.08. The van der Waals surface area contributed by atoms with Gasteiger partial charge in [0.25, 0.3) is 0 Å². The molecule has 96 valence electrons. The normalized spacial score (nSPS) is 21.1. The smallest absolute Gasteiger partial charge is 0.224 e. The van der Waals surface area contributed by atoms with Crippen LogP contribution in [-0.2, 0) is 0 Å². The summed E-state index contributed by atoms with van der Waals surface area (Å²) in [4.78, 5) is 15.5. The van der Waals surface area contributed by atoms with Gasteiger partial charge in [-0.25, -0.2) is 4.98 Å². The Morgan fingerprint density at radius 2 is 1.89 bits per heavy atom. The summed E-state index contributed by atoms with van der Waals surface area (Å²) in [6.07, 6.45) is 1.60. The number of nitrogens with two attached hydrogens (primary N) is 1. The Balaban J connectivity index is 1.99. The van der Waals surface area contributed by atoms with Gasteiger partial charge < -0.3 is 16.0 Å². The second-order valence-electron chi connectivity index (χ2n) is 6.05. The van der Waals surface area contributed by atoms with Crippen LogP contribution in [0, 0.1) is 10.8 Å². The third-order valence-electron chi connectivity index (χ3n) is 4.60. The summed E-state index contributed by atoms with van der Waals surface area (Å²) < 4.78 is 0. The maximum Gasteiger partial charge on any atom is 0.224 e. The maximum absolute atomic E-state index is 5.70. The van der Waals surface area contributed by atoms with Gasteiger partial charge in [-0.3, -0.25) is 0 Å². The van der Waals surface area contributed by atoms with E-state index in [-0.39, 0.29) is 16.8 Å². The van der Waals surface area contributed by atoms with E-state index < -0.39 is 0 Å². The van der Waals surface area contributed by atoms with Crippen LogP contribution in [0.15, 0.2) is 6.33 Å². The van der Waals surface area contributed by atoms with Crippen molar-refractivity contribution in [2.45, 2.75) is 33.7 Å². The molecule has 0 unspecified atom stereocenters. The molecule has 3 rings (SSSR count). The predicted molar refractivity (Wildman–Crippen MR) is 71.1 cm³/mol. The van der Waals surface area contributed by atoms with Crippen molar-refractivity contribution < 1.29 is 0 Å². The number of aromatic amines is 1. The van der Waals surface area contributed by atoms with E-state index in [0.29, 0.717) is 11.7 Å². The highest BCUT2D eigenvalue weighted by Crippen LogP contribution is 2.63. The number of fused-ring (bicyclic) bond motifs is 1. The van der Waals surface area contributed by atoms with E-state index in [0.717, 1.165) is 11.3 Å². The van der Waals surface area contributed by atoms with E-state index in [2.05, 4.69) is 52.9 Å². The lowest BCUT2D eigenvalue weighted by molar-refractivity contribution is 0.457. The standard InChI is InChI=1S/C12H18N6/c1-11(2)9(12(11,3)4)16-8-6-7(15-5-14-6)17-10(13)18-8/h5,9H,1-4H3,(H4,13,14,15,16,17,18). The van der Waals surface area contributed by atoms with Gasteiger partial charge in [0.15, 0.2) is 11.5 Å². The van der Waals surface area contributed by atoms with Crippen LogP contribution in [0.5, 0.6) is 0 Å². The first kappa shape index (κ1) is 11.3. The summed E-state index contributed by atoms with van der Waals surface area (Å²) in [6.45, 7) is 9.00. The molecule has 0 spiro atoms. The number of aromatic nitrogens is 4. The SMILES string of the molecule is CC1(C)C(Nc2nc(N)nc3nc[nH]c23)C1(C)C. The quantitative estimate of drug-likeness (QED) is 0.751. The molecule has 0 atom stereocenters. The Morgan fingerprint density at radius 3 is 2.50 bits per heavy atom. The lowest BCUT2D eigenvalue weighted by atomic mass is 10.0. The van der Waals surface area contributed by atoms with Crippen molar-refractivity contribution in [2.75, 3.05) is 11.1 Å². The monoisotopic (exact) mass is 246 g/mol. The molecule has 6 heteroatoms. The van der Waals surface area contributed by atoms with Gasteiger partial charge in [-0.15, -0.1) is 0 Å². The van der Waals surface area contributed by atoms with Crippen LogP contribution in [0.3, 0.4) is 0 Å². The van der Waals surface area contributed by atoms with Crippen molar-refractivity contribution in [3.05, 3.63) is 6.33 Å². The fourth-order valence-electron chi connectivity index (χ4n) is 2.65. The van der Waals surface area contributed by atoms with Crippen molar-refractivity contribution >= 4 is 22.9 Å². The fourth-order valence-corrected chi connectivity index (χ4v) is 2.65. The molecule has 1 saturated carbocycles. The molecule has 1 fully saturated rings. The van der Waals surface area contributed by atoms with Crippen LogP contribution < -0.4 is 11.1 Å². The van der Waals surface area contributed by atoms with Crippen molar-refractivity contribution in [1.82, 2.24) is 19.9 Å². The summed E-state index contributed by atoms with van der Waals surface area (Å²) in [6, 6.07) is 0.366. The zero-order chi connectivity index (χ0) is 13.1. The summed E-state index contributed by atoms with van der Waals surface area (Å²) >= 11 is 0. The minimum Gasteiger partial charge on any atom is -0.368 e. The third-order valence-corrected chi connectivity index (χ3v) is 4.60. The average molecular weight is 246 g/mol. The van der Waals surface area contributed by atoms with E-state index in [1.54, 1.807) is 6.33 Å². The number of imidazole rings is 1. The molecule has 1 aliphatic rings. The van der Waals surface area contributed by atoms with Gasteiger partial charge in [-0.05, 0) is 10.8 Å². The van der Waals surface area contributed by atoms with Crippen molar-refractivity contribution in [1.29, 1.82) is 0 Å². The number of anilines is 2. The van der Waals surface area contributed by atoms with Crippen LogP contribution in [0.1, 0.15) is 27.7 Å². The third kappa shape index (κ3) is 1.31. The van der Waals surface area contributed by atoms with Gasteiger partial charge in [-0.2, -0.15) is 9.97 Å². The maximum atomic E-state index is 5.70. The number of nitrogen functional groups attached to an aromatic ring is 1. The Bertz CT molecular complexity index is 598. The van der Waals surface area contributed by atoms with Gasteiger partial charge in [-0.1, -0.05) is 27.7 Å². The predicted octanol–water partition coefficient (Wildman–Crippen LogP) is 1.78. The van der Waals surface area contributed by atoms with Crippen molar-refractivity contribution in [2.24, 2.45) is 10.8 Å². The first-order chi connectivity index (χ1) is 8.34. The van der Waals surface area contributed by atoms with Crippen LogP contribution >= 0.6 is 0 Å². The Labute approximate surface area is 105 Å². The number of hydrogen-bond donors (Lipinski definition) is 3. The van der Waals surface area contributed by atoms with Crippen LogP contribution in [0.4, 0.5) is 11.8 Å². The Hall–Kier alpha value is -1.85. The van der Waals surface area contributed by atoms with Gasteiger partial charge >= 0.3 is 0 Å². The molecule has 0 aliphatic heterocycles. The molecule has 0 aromatic carbocycles. The van der Waals surface area contributed by atoms with Gasteiger partial charge in [0, 0.05) is 6.04 Å². The molecule has 0 radical (unpaired) electrons. The van der Waals surface area contributed by atoms with E-state index >= 15 is 0 Å². The van der Waals surface area contributed by atoms with Crippen LogP contribution in [0.25, 0.3) is 11.2 Å². The van der Waals surface area contributed by atoms with Crippen molar-refractivity contribution in [3.8, 4) is 0 Å². The van der Waals surface area contributed by atoms with Crippen LogP contribution in [0.2, 0.25) is 0 Å². The zero-order valence-corrected chi connectivity index (χ0v) is 11.1. The van der Waals surface area contributed by atoms with Crippen molar-refractivity contribution in [3.63, 3.8) is 0 Å². The minimum atomic E-state index is 0.235. The van der Waals surface area contributed by atoms with E-state index in [4.69, 9.17) is 5.73 Å². The molecule has 18 heavy (non-hydrogen) atoms. The van der Waals surface area contributed by atoms with Gasteiger partial charge in [0.1, 0.15) is 5.52 Å². The Morgan fingerprint density at radius 1 is 1.22 bits per heavy atom. The number of nitrogens with one attached hydrogen (secondary N) is 2. The molecular formula is C12H18N6. The highest BCUT2D eigenvalue weighted by atomic mass is 15.2. The van der Waals surface area contributed by atoms with E-state index in [1.807, 2.05) is 0 Å². The number of nitrogens with zero attached hydrogens (tertiary/aromatic N) is 3. The minimum absolute atomic E-state index is 0.235. The molecular weight excluding hydrogens is 228 g/mol. The zero-order valence-electron chi connectivity index (χ0n) is 11.1. The molecule has 4 N–H and O–H groups in total. The first-order valence-electron chi connectivity index (χ1n) is 6.07. The molecule has 6 nitrogen and oxygen atoms in total. The second kappa shape index (κ2) is 3.13. The molecule has 2 aromatic heterocycles. The molecule has 1 aliphatic carbocycles. The largest absolute Gasteiger partial charge is 0.368 e. The number of rotatable bonds is 2. The topological polar surface area (TPSA) is 92.5 Å². The number of H-pyrrole nitrogens is 1. The highest BCUT2D eigenvalue weighted by molar-refractivity contribution is 5.83. The molecule has 0 amide bonds. The summed E-state index contributed by atoms with van der Waals surface area (Å²) in [5.74, 6) is 0.979. The summed E-state index contributed by atoms with van der Waals surface area (Å²) in [5.41, 5.74) is 7.58. The van der Waals surface area contributed by atoms with Gasteiger partial charge in [0.05, 0.1) is 6.33 Å². The summed E-state index contributed by atoms with van der Waals surface area (Å²) in [7, 11) is 0. The summed E-state index contributed by atoms with van der Waals surface area (Å²) in [5, 5.41) is 3.46. The average Bonchev–Trinajstić information content (AvgIpc) is 2.68. The number of hydrogen-bond acceptors (Lipinski definition) is 5. The highest BCUT2D eigenvalue weighted by Gasteiger charge is 2.65.